The van der Waals surface area contributed by atoms with Crippen molar-refractivity contribution in [2.75, 3.05) is 5.32 Å². The van der Waals surface area contributed by atoms with Crippen LogP contribution in [0.3, 0.4) is 0 Å². The van der Waals surface area contributed by atoms with E-state index in [-0.39, 0.29) is 0 Å². The van der Waals surface area contributed by atoms with Crippen LogP contribution >= 0.6 is 23.2 Å². The fourth-order valence-electron chi connectivity index (χ4n) is 2.98. The van der Waals surface area contributed by atoms with Gasteiger partial charge < -0.3 is 5.32 Å². The fourth-order valence-corrected chi connectivity index (χ4v) is 3.42. The molecule has 2 rings (SSSR count). The van der Waals surface area contributed by atoms with Crippen molar-refractivity contribution in [3.05, 3.63) is 27.7 Å². The van der Waals surface area contributed by atoms with Crippen LogP contribution in [-0.2, 0) is 0 Å². The molecule has 0 heterocycles. The normalized spacial score (nSPS) is 23.4. The minimum absolute atomic E-state index is 0.546. The summed E-state index contributed by atoms with van der Waals surface area (Å²) in [5.41, 5.74) is 2.01. The number of hydrogen-bond donors (Lipinski definition) is 1. The van der Waals surface area contributed by atoms with Crippen LogP contribution in [0.25, 0.3) is 0 Å². The summed E-state index contributed by atoms with van der Waals surface area (Å²) < 4.78 is 0. The van der Waals surface area contributed by atoms with Crippen LogP contribution in [0.1, 0.15) is 51.0 Å². The van der Waals surface area contributed by atoms with Gasteiger partial charge in [-0.15, -0.1) is 0 Å². The van der Waals surface area contributed by atoms with Crippen LogP contribution in [0, 0.1) is 12.8 Å². The first kappa shape index (κ1) is 15.0. The van der Waals surface area contributed by atoms with Crippen LogP contribution in [0.15, 0.2) is 12.1 Å². The first-order chi connectivity index (χ1) is 9.10. The second-order valence-corrected chi connectivity index (χ2v) is 6.55. The second-order valence-electron chi connectivity index (χ2n) is 5.73. The van der Waals surface area contributed by atoms with E-state index in [1.807, 2.05) is 19.1 Å². The fraction of sp³-hybridized carbons (Fsp3) is 0.625. The van der Waals surface area contributed by atoms with E-state index in [1.54, 1.807) is 0 Å². The third kappa shape index (κ3) is 4.03. The van der Waals surface area contributed by atoms with Gasteiger partial charge in [-0.05, 0) is 56.2 Å². The quantitative estimate of drug-likeness (QED) is 0.711. The topological polar surface area (TPSA) is 12.0 Å². The molecular weight excluding hydrogens is 277 g/mol. The van der Waals surface area contributed by atoms with Gasteiger partial charge in [0.15, 0.2) is 0 Å². The summed E-state index contributed by atoms with van der Waals surface area (Å²) in [7, 11) is 0. The molecule has 0 atom stereocenters. The van der Waals surface area contributed by atoms with E-state index in [2.05, 4.69) is 12.2 Å². The van der Waals surface area contributed by atoms with Crippen molar-refractivity contribution in [1.82, 2.24) is 0 Å². The SMILES string of the molecule is CCCC1CCC(Nc2cc(Cl)c(C)cc2Cl)CC1. The molecule has 0 amide bonds. The van der Waals surface area contributed by atoms with E-state index in [0.29, 0.717) is 6.04 Å². The molecular formula is C16H23Cl2N. The summed E-state index contributed by atoms with van der Waals surface area (Å²) in [5, 5.41) is 5.12. The molecule has 1 aromatic carbocycles. The molecule has 1 N–H and O–H groups in total. The van der Waals surface area contributed by atoms with Gasteiger partial charge in [0, 0.05) is 11.1 Å². The molecule has 0 saturated heterocycles. The summed E-state index contributed by atoms with van der Waals surface area (Å²) >= 11 is 12.4. The van der Waals surface area contributed by atoms with E-state index >= 15 is 0 Å². The first-order valence-electron chi connectivity index (χ1n) is 7.32. The van der Waals surface area contributed by atoms with Crippen LogP contribution in [0.2, 0.25) is 10.0 Å². The molecule has 0 unspecified atom stereocenters. The van der Waals surface area contributed by atoms with E-state index in [9.17, 15) is 0 Å². The predicted octanol–water partition coefficient (Wildman–Crippen LogP) is 6.07. The Balaban J connectivity index is 1.94. The number of benzene rings is 1. The van der Waals surface area contributed by atoms with Gasteiger partial charge >= 0.3 is 0 Å². The third-order valence-electron chi connectivity index (χ3n) is 4.15. The van der Waals surface area contributed by atoms with Crippen molar-refractivity contribution < 1.29 is 0 Å². The number of anilines is 1. The Morgan fingerprint density at radius 2 is 1.79 bits per heavy atom. The summed E-state index contributed by atoms with van der Waals surface area (Å²) in [6.07, 6.45) is 7.84. The Labute approximate surface area is 126 Å². The molecule has 0 aromatic heterocycles. The van der Waals surface area contributed by atoms with Gasteiger partial charge in [0.25, 0.3) is 0 Å². The largest absolute Gasteiger partial charge is 0.381 e. The van der Waals surface area contributed by atoms with Gasteiger partial charge in [0.2, 0.25) is 0 Å². The Bertz CT molecular complexity index is 423. The Morgan fingerprint density at radius 3 is 2.42 bits per heavy atom. The van der Waals surface area contributed by atoms with Crippen molar-refractivity contribution in [1.29, 1.82) is 0 Å². The molecule has 1 saturated carbocycles. The van der Waals surface area contributed by atoms with Gasteiger partial charge in [-0.2, -0.15) is 0 Å². The van der Waals surface area contributed by atoms with Crippen LogP contribution in [0.5, 0.6) is 0 Å². The average Bonchev–Trinajstić information content (AvgIpc) is 2.38. The lowest BCUT2D eigenvalue weighted by molar-refractivity contribution is 0.319. The third-order valence-corrected chi connectivity index (χ3v) is 4.87. The minimum Gasteiger partial charge on any atom is -0.381 e. The summed E-state index contributed by atoms with van der Waals surface area (Å²) in [5.74, 6) is 0.931. The molecule has 19 heavy (non-hydrogen) atoms. The number of halogens is 2. The number of aryl methyl sites for hydroxylation is 1. The molecule has 1 aromatic rings. The average molecular weight is 300 g/mol. The first-order valence-corrected chi connectivity index (χ1v) is 8.08. The van der Waals surface area contributed by atoms with Gasteiger partial charge in [-0.25, -0.2) is 0 Å². The predicted molar refractivity (Wildman–Crippen MR) is 85.5 cm³/mol. The molecule has 1 nitrogen and oxygen atoms in total. The molecule has 3 heteroatoms. The smallest absolute Gasteiger partial charge is 0.0641 e. The summed E-state index contributed by atoms with van der Waals surface area (Å²) in [6, 6.07) is 4.44. The van der Waals surface area contributed by atoms with Gasteiger partial charge in [0.05, 0.1) is 10.7 Å². The van der Waals surface area contributed by atoms with Crippen LogP contribution < -0.4 is 5.32 Å². The summed E-state index contributed by atoms with van der Waals surface area (Å²) in [6.45, 7) is 4.26. The lowest BCUT2D eigenvalue weighted by atomic mass is 9.83. The Kier molecular flexibility index (Phi) is 5.41. The molecule has 106 valence electrons. The number of rotatable bonds is 4. The minimum atomic E-state index is 0.546. The Hall–Kier alpha value is -0.400. The van der Waals surface area contributed by atoms with E-state index in [1.165, 1.54) is 38.5 Å². The maximum Gasteiger partial charge on any atom is 0.0641 e. The molecule has 1 aliphatic carbocycles. The Morgan fingerprint density at radius 1 is 1.11 bits per heavy atom. The molecule has 0 spiro atoms. The van der Waals surface area contributed by atoms with Gasteiger partial charge in [0.1, 0.15) is 0 Å². The maximum absolute atomic E-state index is 6.28. The van der Waals surface area contributed by atoms with Crippen molar-refractivity contribution in [2.24, 2.45) is 5.92 Å². The summed E-state index contributed by atoms with van der Waals surface area (Å²) in [4.78, 5) is 0. The van der Waals surface area contributed by atoms with Crippen LogP contribution in [0.4, 0.5) is 5.69 Å². The molecule has 0 bridgehead atoms. The zero-order chi connectivity index (χ0) is 13.8. The van der Waals surface area contributed by atoms with Crippen molar-refractivity contribution >= 4 is 28.9 Å². The van der Waals surface area contributed by atoms with Crippen LogP contribution in [-0.4, -0.2) is 6.04 Å². The monoisotopic (exact) mass is 299 g/mol. The molecule has 0 aliphatic heterocycles. The highest BCUT2D eigenvalue weighted by Gasteiger charge is 2.21. The number of hydrogen-bond acceptors (Lipinski definition) is 1. The van der Waals surface area contributed by atoms with Gasteiger partial charge in [-0.3, -0.25) is 0 Å². The van der Waals surface area contributed by atoms with E-state index < -0.39 is 0 Å². The van der Waals surface area contributed by atoms with Crippen molar-refractivity contribution in [3.63, 3.8) is 0 Å². The molecule has 1 fully saturated rings. The second kappa shape index (κ2) is 6.85. The molecule has 1 aliphatic rings. The molecule has 0 radical (unpaired) electrons. The zero-order valence-corrected chi connectivity index (χ0v) is 13.3. The van der Waals surface area contributed by atoms with Crippen molar-refractivity contribution in [2.45, 2.75) is 58.4 Å². The van der Waals surface area contributed by atoms with E-state index in [0.717, 1.165) is 27.2 Å². The van der Waals surface area contributed by atoms with E-state index in [4.69, 9.17) is 23.2 Å². The highest BCUT2D eigenvalue weighted by Crippen LogP contribution is 2.33. The highest BCUT2D eigenvalue weighted by molar-refractivity contribution is 6.35. The standard InChI is InChI=1S/C16H23Cl2N/c1-3-4-12-5-7-13(8-6-12)19-16-10-14(17)11(2)9-15(16)18/h9-10,12-13,19H,3-8H2,1-2H3. The zero-order valence-electron chi connectivity index (χ0n) is 11.8. The lowest BCUT2D eigenvalue weighted by Gasteiger charge is -2.30. The number of nitrogens with one attached hydrogen (secondary N) is 1. The van der Waals surface area contributed by atoms with Crippen molar-refractivity contribution in [3.8, 4) is 0 Å². The van der Waals surface area contributed by atoms with Gasteiger partial charge in [-0.1, -0.05) is 43.0 Å². The maximum atomic E-state index is 6.28. The lowest BCUT2D eigenvalue weighted by Crippen LogP contribution is -2.26. The highest BCUT2D eigenvalue weighted by atomic mass is 35.5.